The lowest BCUT2D eigenvalue weighted by atomic mass is 9.41. The lowest BCUT2D eigenvalue weighted by Gasteiger charge is -2.64. The van der Waals surface area contributed by atoms with Crippen LogP contribution < -0.4 is 0 Å². The van der Waals surface area contributed by atoms with Crippen LogP contribution in [0.4, 0.5) is 0 Å². The minimum atomic E-state index is -1.29. The van der Waals surface area contributed by atoms with E-state index < -0.39 is 47.3 Å². The molecule has 2 saturated heterocycles. The number of aliphatic hydroxyl groups is 6. The fourth-order valence-electron chi connectivity index (χ4n) is 13.5. The van der Waals surface area contributed by atoms with Crippen molar-refractivity contribution in [1.82, 2.24) is 0 Å². The Hall–Kier alpha value is -0.360. The second-order valence-corrected chi connectivity index (χ2v) is 18.0. The molecule has 0 aromatic rings. The molecule has 0 aromatic heterocycles. The van der Waals surface area contributed by atoms with Crippen molar-refractivity contribution in [2.45, 2.75) is 160 Å². The van der Waals surface area contributed by atoms with Crippen molar-refractivity contribution in [2.24, 2.45) is 44.8 Å². The van der Waals surface area contributed by atoms with Gasteiger partial charge in [0.2, 0.25) is 0 Å². The molecule has 7 fully saturated rings. The molecular formula is C35H58O9. The molecule has 6 N–H and O–H groups in total. The Bertz CT molecular complexity index is 1140. The van der Waals surface area contributed by atoms with Gasteiger partial charge in [0.15, 0.2) is 6.29 Å². The second-order valence-electron chi connectivity index (χ2n) is 18.0. The molecule has 7 rings (SSSR count). The van der Waals surface area contributed by atoms with Crippen molar-refractivity contribution in [2.75, 3.05) is 13.2 Å². The van der Waals surface area contributed by atoms with Gasteiger partial charge in [0, 0.05) is 17.9 Å². The zero-order valence-corrected chi connectivity index (χ0v) is 27.7. The first-order chi connectivity index (χ1) is 20.4. The molecule has 0 bridgehead atoms. The van der Waals surface area contributed by atoms with Gasteiger partial charge >= 0.3 is 0 Å². The Morgan fingerprint density at radius 3 is 2.16 bits per heavy atom. The fraction of sp³-hybridized carbons (Fsp3) is 1.00. The van der Waals surface area contributed by atoms with E-state index in [-0.39, 0.29) is 53.0 Å². The van der Waals surface area contributed by atoms with E-state index in [1.807, 2.05) is 0 Å². The molecular weight excluding hydrogens is 564 g/mol. The molecule has 0 amide bonds. The standard InChI is InChI=1S/C35H58O9/c1-29(2)21-7-8-22-31(5)15-19(37)27(32(6)11-9-24(44-32)30(3,4)41)35(31,18-36)14-13-34(22)17-33(21,34)12-10-23(29)43-28-26(40)25(39)20(38)16-42-28/h19-28,36-41H,7-18H2,1-6H3/t19-,20+,21-,22+,23-,24-,25-,26+,27-,28-,31-,32+,33+,34-,35-/m0/s1. The summed E-state index contributed by atoms with van der Waals surface area (Å²) in [6.07, 6.45) is 3.69. The van der Waals surface area contributed by atoms with E-state index in [9.17, 15) is 30.6 Å². The van der Waals surface area contributed by atoms with Gasteiger partial charge in [-0.05, 0) is 118 Å². The molecule has 44 heavy (non-hydrogen) atoms. The van der Waals surface area contributed by atoms with Gasteiger partial charge in [-0.1, -0.05) is 20.8 Å². The van der Waals surface area contributed by atoms with E-state index in [0.29, 0.717) is 18.3 Å². The fourth-order valence-corrected chi connectivity index (χ4v) is 13.5. The maximum absolute atomic E-state index is 11.9. The van der Waals surface area contributed by atoms with Crippen LogP contribution in [0.1, 0.15) is 106 Å². The first-order valence-corrected chi connectivity index (χ1v) is 17.4. The van der Waals surface area contributed by atoms with Crippen LogP contribution in [-0.2, 0) is 14.2 Å². The molecule has 5 saturated carbocycles. The third-order valence-electron chi connectivity index (χ3n) is 15.5. The van der Waals surface area contributed by atoms with Gasteiger partial charge < -0.3 is 44.8 Å². The van der Waals surface area contributed by atoms with Gasteiger partial charge in [0.05, 0.1) is 36.1 Å². The van der Waals surface area contributed by atoms with Crippen molar-refractivity contribution < 1.29 is 44.8 Å². The van der Waals surface area contributed by atoms with Gasteiger partial charge in [-0.15, -0.1) is 0 Å². The Balaban J connectivity index is 1.15. The summed E-state index contributed by atoms with van der Waals surface area (Å²) < 4.78 is 18.8. The smallest absolute Gasteiger partial charge is 0.186 e. The quantitative estimate of drug-likeness (QED) is 0.255. The summed E-state index contributed by atoms with van der Waals surface area (Å²) in [7, 11) is 0. The first-order valence-electron chi connectivity index (χ1n) is 17.4. The molecule has 0 radical (unpaired) electrons. The predicted molar refractivity (Wildman–Crippen MR) is 161 cm³/mol. The van der Waals surface area contributed by atoms with Crippen molar-refractivity contribution >= 4 is 0 Å². The van der Waals surface area contributed by atoms with Gasteiger partial charge in [0.25, 0.3) is 0 Å². The van der Waals surface area contributed by atoms with Crippen LogP contribution in [0.2, 0.25) is 0 Å². The molecule has 2 heterocycles. The largest absolute Gasteiger partial charge is 0.396 e. The highest BCUT2D eigenvalue weighted by Crippen LogP contribution is 2.89. The molecule has 5 aliphatic carbocycles. The first kappa shape index (κ1) is 32.2. The van der Waals surface area contributed by atoms with Crippen molar-refractivity contribution in [3.8, 4) is 0 Å². The lowest BCUT2D eigenvalue weighted by Crippen LogP contribution is -2.62. The number of aliphatic hydroxyl groups excluding tert-OH is 5. The summed E-state index contributed by atoms with van der Waals surface area (Å²) >= 11 is 0. The average molecular weight is 623 g/mol. The van der Waals surface area contributed by atoms with Crippen LogP contribution in [0, 0.1) is 44.8 Å². The SMILES string of the molecule is CC(C)(O)[C@@H]1CC[C@](C)([C@@H]2[C@@H](O)C[C@@]3(C)[C@H]4CC[C@H]5C(C)(C)[C@@H](O[C@@H]6OC[C@@H](O)[C@H](O)[C@H]6O)CC[C@@]56C[C@@]46CC[C@]23CO)O1. The van der Waals surface area contributed by atoms with Crippen LogP contribution in [0.5, 0.6) is 0 Å². The van der Waals surface area contributed by atoms with E-state index in [4.69, 9.17) is 14.2 Å². The molecule has 252 valence electrons. The Morgan fingerprint density at radius 2 is 1.50 bits per heavy atom. The molecule has 0 aromatic carbocycles. The van der Waals surface area contributed by atoms with Crippen molar-refractivity contribution in [3.05, 3.63) is 0 Å². The average Bonchev–Trinajstić information content (AvgIpc) is 3.30. The summed E-state index contributed by atoms with van der Waals surface area (Å²) in [5.74, 6) is 0.672. The van der Waals surface area contributed by atoms with Gasteiger partial charge in [-0.3, -0.25) is 0 Å². The molecule has 9 nitrogen and oxygen atoms in total. The molecule has 7 aliphatic rings. The maximum Gasteiger partial charge on any atom is 0.186 e. The van der Waals surface area contributed by atoms with E-state index in [0.717, 1.165) is 51.4 Å². The highest BCUT2D eigenvalue weighted by atomic mass is 16.7. The zero-order chi connectivity index (χ0) is 31.9. The molecule has 2 aliphatic heterocycles. The van der Waals surface area contributed by atoms with Crippen LogP contribution in [0.25, 0.3) is 0 Å². The van der Waals surface area contributed by atoms with Gasteiger partial charge in [-0.2, -0.15) is 0 Å². The number of rotatable bonds is 5. The predicted octanol–water partition coefficient (Wildman–Crippen LogP) is 2.90. The minimum Gasteiger partial charge on any atom is -0.396 e. The second kappa shape index (κ2) is 9.85. The Morgan fingerprint density at radius 1 is 0.818 bits per heavy atom. The number of hydrogen-bond donors (Lipinski definition) is 6. The highest BCUT2D eigenvalue weighted by molar-refractivity contribution is 5.32. The van der Waals surface area contributed by atoms with Crippen LogP contribution in [0.3, 0.4) is 0 Å². The van der Waals surface area contributed by atoms with E-state index in [1.54, 1.807) is 13.8 Å². The number of hydrogen-bond acceptors (Lipinski definition) is 9. The maximum atomic E-state index is 11.9. The van der Waals surface area contributed by atoms with Crippen molar-refractivity contribution in [3.63, 3.8) is 0 Å². The Labute approximate surface area is 262 Å². The van der Waals surface area contributed by atoms with E-state index in [1.165, 1.54) is 6.42 Å². The Kier molecular flexibility index (Phi) is 7.21. The summed E-state index contributed by atoms with van der Waals surface area (Å²) in [6, 6.07) is 0. The topological polar surface area (TPSA) is 149 Å². The van der Waals surface area contributed by atoms with E-state index in [2.05, 4.69) is 27.7 Å². The molecule has 2 spiro atoms. The molecule has 9 heteroatoms. The normalized spacial score (nSPS) is 58.1. The third kappa shape index (κ3) is 3.97. The summed E-state index contributed by atoms with van der Waals surface area (Å²) in [4.78, 5) is 0. The highest BCUT2D eigenvalue weighted by Gasteiger charge is 2.84. The monoisotopic (exact) mass is 622 g/mol. The van der Waals surface area contributed by atoms with Crippen LogP contribution in [-0.4, -0.2) is 98.0 Å². The van der Waals surface area contributed by atoms with Crippen molar-refractivity contribution in [1.29, 1.82) is 0 Å². The minimum absolute atomic E-state index is 0.0477. The van der Waals surface area contributed by atoms with Gasteiger partial charge in [0.1, 0.15) is 18.3 Å². The summed E-state index contributed by atoms with van der Waals surface area (Å²) in [5.41, 5.74) is -1.98. The molecule has 0 unspecified atom stereocenters. The van der Waals surface area contributed by atoms with Crippen LogP contribution in [0.15, 0.2) is 0 Å². The lowest BCUT2D eigenvalue weighted by molar-refractivity contribution is -0.303. The van der Waals surface area contributed by atoms with E-state index >= 15 is 0 Å². The zero-order valence-electron chi connectivity index (χ0n) is 27.7. The van der Waals surface area contributed by atoms with Gasteiger partial charge in [-0.25, -0.2) is 0 Å². The number of ether oxygens (including phenoxy) is 3. The molecule has 15 atom stereocenters. The summed E-state index contributed by atoms with van der Waals surface area (Å²) in [5, 5.41) is 64.8. The third-order valence-corrected chi connectivity index (χ3v) is 15.5. The number of fused-ring (bicyclic) bond motifs is 2. The summed E-state index contributed by atoms with van der Waals surface area (Å²) in [6.45, 7) is 12.7. The van der Waals surface area contributed by atoms with Crippen LogP contribution >= 0.6 is 0 Å².